The van der Waals surface area contributed by atoms with Crippen molar-refractivity contribution in [1.82, 2.24) is 25.1 Å². The van der Waals surface area contributed by atoms with E-state index in [-0.39, 0.29) is 18.4 Å². The number of rotatable bonds is 8. The monoisotopic (exact) mass is 435 g/mol. The molecule has 0 fully saturated rings. The average molecular weight is 436 g/mol. The minimum absolute atomic E-state index is 0.0112. The van der Waals surface area contributed by atoms with E-state index in [1.54, 1.807) is 25.2 Å². The number of allylic oxidation sites excluding steroid dienone is 5. The van der Waals surface area contributed by atoms with E-state index in [9.17, 15) is 9.90 Å². The highest BCUT2D eigenvalue weighted by atomic mass is 16.4. The Bertz CT molecular complexity index is 1080. The van der Waals surface area contributed by atoms with Crippen LogP contribution in [0.2, 0.25) is 0 Å². The molecular weight excluding hydrogens is 406 g/mol. The van der Waals surface area contributed by atoms with Crippen molar-refractivity contribution in [3.63, 3.8) is 0 Å². The lowest BCUT2D eigenvalue weighted by molar-refractivity contribution is -0.124. The van der Waals surface area contributed by atoms with E-state index in [4.69, 9.17) is 4.42 Å². The number of amides is 1. The van der Waals surface area contributed by atoms with Crippen LogP contribution >= 0.6 is 0 Å². The highest BCUT2D eigenvalue weighted by molar-refractivity contribution is 5.95. The Labute approximate surface area is 188 Å². The van der Waals surface area contributed by atoms with E-state index in [1.165, 1.54) is 0 Å². The number of carbonyl (C=O) groups is 1. The van der Waals surface area contributed by atoms with Crippen molar-refractivity contribution in [2.24, 2.45) is 0 Å². The van der Waals surface area contributed by atoms with Gasteiger partial charge in [-0.15, -0.1) is 10.2 Å². The number of hydrogen-bond acceptors (Lipinski definition) is 7. The fraction of sp³-hybridized carbons (Fsp3) is 0.375. The molecule has 168 valence electrons. The summed E-state index contributed by atoms with van der Waals surface area (Å²) >= 11 is 0. The van der Waals surface area contributed by atoms with Crippen LogP contribution in [-0.4, -0.2) is 56.8 Å². The van der Waals surface area contributed by atoms with Gasteiger partial charge in [0.1, 0.15) is 5.69 Å². The fourth-order valence-electron chi connectivity index (χ4n) is 3.31. The molecule has 0 bridgehead atoms. The molecule has 8 nitrogen and oxygen atoms in total. The molecule has 3 rings (SSSR count). The maximum atomic E-state index is 12.3. The molecule has 2 aromatic heterocycles. The second-order valence-corrected chi connectivity index (χ2v) is 7.79. The largest absolute Gasteiger partial charge is 0.419 e. The molecule has 1 amide bonds. The molecule has 1 atom stereocenters. The Hall–Kier alpha value is -3.39. The number of carbonyl (C=O) groups excluding carboxylic acids is 1. The van der Waals surface area contributed by atoms with Gasteiger partial charge in [-0.25, -0.2) is 4.98 Å². The van der Waals surface area contributed by atoms with Crippen LogP contribution in [0.3, 0.4) is 0 Å². The molecule has 0 saturated heterocycles. The first-order valence-electron chi connectivity index (χ1n) is 10.6. The highest BCUT2D eigenvalue weighted by Crippen LogP contribution is 2.29. The van der Waals surface area contributed by atoms with Crippen molar-refractivity contribution in [3.8, 4) is 11.6 Å². The molecule has 0 aliphatic heterocycles. The molecule has 2 heterocycles. The number of aryl methyl sites for hydroxylation is 1. The summed E-state index contributed by atoms with van der Waals surface area (Å²) in [4.78, 5) is 22.9. The number of hydrogen-bond donors (Lipinski definition) is 1. The zero-order valence-corrected chi connectivity index (χ0v) is 18.9. The molecule has 0 aromatic carbocycles. The van der Waals surface area contributed by atoms with Crippen LogP contribution in [0.1, 0.15) is 43.0 Å². The molecule has 0 radical (unpaired) electrons. The number of likely N-dealkylation sites (N-methyl/N-ethyl adjacent to an activating group) is 1. The summed E-state index contributed by atoms with van der Waals surface area (Å²) in [6, 6.07) is 0. The lowest BCUT2D eigenvalue weighted by atomic mass is 9.95. The summed E-state index contributed by atoms with van der Waals surface area (Å²) in [5.41, 5.74) is 3.54. The van der Waals surface area contributed by atoms with Gasteiger partial charge >= 0.3 is 0 Å². The minimum atomic E-state index is -0.0687. The third-order valence-corrected chi connectivity index (χ3v) is 5.03. The van der Waals surface area contributed by atoms with Crippen molar-refractivity contribution in [1.29, 1.82) is 0 Å². The zero-order chi connectivity index (χ0) is 23.1. The van der Waals surface area contributed by atoms with Crippen LogP contribution in [0.5, 0.6) is 0 Å². The molecule has 0 spiro atoms. The summed E-state index contributed by atoms with van der Waals surface area (Å²) < 4.78 is 5.91. The van der Waals surface area contributed by atoms with E-state index in [0.29, 0.717) is 41.6 Å². The van der Waals surface area contributed by atoms with E-state index in [2.05, 4.69) is 20.2 Å². The average Bonchev–Trinajstić information content (AvgIpc) is 3.29. The van der Waals surface area contributed by atoms with Gasteiger partial charge in [0.25, 0.3) is 11.8 Å². The fourth-order valence-corrected chi connectivity index (χ4v) is 3.31. The maximum Gasteiger partial charge on any atom is 0.268 e. The summed E-state index contributed by atoms with van der Waals surface area (Å²) in [5.74, 6) is 0.700. The van der Waals surface area contributed by atoms with Crippen molar-refractivity contribution in [2.45, 2.75) is 39.0 Å². The Morgan fingerprint density at radius 1 is 1.34 bits per heavy atom. The molecule has 0 saturated carbocycles. The first kappa shape index (κ1) is 23.3. The predicted octanol–water partition coefficient (Wildman–Crippen LogP) is 3.32. The van der Waals surface area contributed by atoms with Gasteiger partial charge in [0.2, 0.25) is 5.89 Å². The molecule has 1 aliphatic carbocycles. The standard InChI is InChI=1S/C24H29N5O3/c1-5-8-18(24(31)29(3)4)10-7-12-20-14-25-16(2)21(26-20)23-28-27-22(32-23)19-11-6-9-17(13-19)15-30/h6-11,14,19,30H,5,12-13,15H2,1-4H3/b10-7-,18-8+. The second-order valence-electron chi connectivity index (χ2n) is 7.79. The van der Waals surface area contributed by atoms with E-state index < -0.39 is 0 Å². The number of aromatic nitrogens is 4. The van der Waals surface area contributed by atoms with Gasteiger partial charge in [0, 0.05) is 32.3 Å². The predicted molar refractivity (Wildman–Crippen MR) is 122 cm³/mol. The van der Waals surface area contributed by atoms with Gasteiger partial charge in [-0.1, -0.05) is 43.4 Å². The van der Waals surface area contributed by atoms with E-state index >= 15 is 0 Å². The van der Waals surface area contributed by atoms with Crippen LogP contribution in [0.4, 0.5) is 0 Å². The third-order valence-electron chi connectivity index (χ3n) is 5.03. The first-order chi connectivity index (χ1) is 15.4. The summed E-state index contributed by atoms with van der Waals surface area (Å²) in [6.45, 7) is 3.85. The van der Waals surface area contributed by atoms with Gasteiger partial charge in [-0.3, -0.25) is 9.78 Å². The number of nitrogens with zero attached hydrogens (tertiary/aromatic N) is 5. The zero-order valence-electron chi connectivity index (χ0n) is 18.9. The first-order valence-corrected chi connectivity index (χ1v) is 10.6. The number of aliphatic hydroxyl groups is 1. The molecule has 1 unspecified atom stereocenters. The quantitative estimate of drug-likeness (QED) is 0.501. The van der Waals surface area contributed by atoms with Crippen molar-refractivity contribution < 1.29 is 14.3 Å². The number of aliphatic hydroxyl groups excluding tert-OH is 1. The Balaban J connectivity index is 1.76. The van der Waals surface area contributed by atoms with Crippen LogP contribution < -0.4 is 0 Å². The lowest BCUT2D eigenvalue weighted by Gasteiger charge is -2.13. The van der Waals surface area contributed by atoms with Gasteiger partial charge in [0.05, 0.1) is 23.9 Å². The topological polar surface area (TPSA) is 105 Å². The molecule has 1 N–H and O–H groups in total. The third kappa shape index (κ3) is 5.64. The van der Waals surface area contributed by atoms with Crippen LogP contribution in [0.15, 0.2) is 58.2 Å². The van der Waals surface area contributed by atoms with Gasteiger partial charge < -0.3 is 14.4 Å². The van der Waals surface area contributed by atoms with Crippen molar-refractivity contribution >= 4 is 5.91 Å². The summed E-state index contributed by atoms with van der Waals surface area (Å²) in [6.07, 6.45) is 15.0. The maximum absolute atomic E-state index is 12.3. The Morgan fingerprint density at radius 3 is 2.88 bits per heavy atom. The minimum Gasteiger partial charge on any atom is -0.419 e. The second kappa shape index (κ2) is 10.8. The van der Waals surface area contributed by atoms with E-state index in [1.807, 2.05) is 50.3 Å². The summed E-state index contributed by atoms with van der Waals surface area (Å²) in [5, 5.41) is 17.7. The lowest BCUT2D eigenvalue weighted by Crippen LogP contribution is -2.22. The SMILES string of the molecule is CC/C=C(\C=C/Cc1cnc(C)c(-c2nnc(C3C=CC=C(CO)C3)o2)n1)C(=O)N(C)C. The highest BCUT2D eigenvalue weighted by Gasteiger charge is 2.21. The van der Waals surface area contributed by atoms with E-state index in [0.717, 1.165) is 17.7 Å². The van der Waals surface area contributed by atoms with Crippen molar-refractivity contribution in [2.75, 3.05) is 20.7 Å². The molecule has 32 heavy (non-hydrogen) atoms. The summed E-state index contributed by atoms with van der Waals surface area (Å²) in [7, 11) is 3.47. The normalized spacial score (nSPS) is 16.5. The molecule has 2 aromatic rings. The van der Waals surface area contributed by atoms with Gasteiger partial charge in [-0.05, 0) is 25.3 Å². The Kier molecular flexibility index (Phi) is 7.83. The van der Waals surface area contributed by atoms with Crippen LogP contribution in [0, 0.1) is 6.92 Å². The van der Waals surface area contributed by atoms with Crippen LogP contribution in [-0.2, 0) is 11.2 Å². The van der Waals surface area contributed by atoms with Crippen LogP contribution in [0.25, 0.3) is 11.6 Å². The molecule has 8 heteroatoms. The van der Waals surface area contributed by atoms with Crippen molar-refractivity contribution in [3.05, 3.63) is 71.1 Å². The smallest absolute Gasteiger partial charge is 0.268 e. The van der Waals surface area contributed by atoms with Gasteiger partial charge in [-0.2, -0.15) is 0 Å². The molecule has 1 aliphatic rings. The Morgan fingerprint density at radius 2 is 2.16 bits per heavy atom. The molecular formula is C24H29N5O3. The van der Waals surface area contributed by atoms with Gasteiger partial charge in [0.15, 0.2) is 0 Å².